The molecule has 0 unspecified atom stereocenters. The van der Waals surface area contributed by atoms with E-state index in [1.165, 1.54) is 26.2 Å². The predicted molar refractivity (Wildman–Crippen MR) is 88.9 cm³/mol. The van der Waals surface area contributed by atoms with E-state index in [4.69, 9.17) is 20.0 Å². The van der Waals surface area contributed by atoms with Gasteiger partial charge >= 0.3 is 5.97 Å². The van der Waals surface area contributed by atoms with Crippen LogP contribution in [0.1, 0.15) is 38.3 Å². The number of methoxy groups -OCH3 is 1. The van der Waals surface area contributed by atoms with Gasteiger partial charge < -0.3 is 9.47 Å². The zero-order valence-electron chi connectivity index (χ0n) is 14.3. The van der Waals surface area contributed by atoms with Gasteiger partial charge in [-0.1, -0.05) is 13.8 Å². The number of carbonyl (C=O) groups excluding carboxylic acids is 2. The topological polar surface area (TPSA) is 100 Å². The van der Waals surface area contributed by atoms with Gasteiger partial charge in [0.1, 0.15) is 17.9 Å². The summed E-state index contributed by atoms with van der Waals surface area (Å²) in [5, 5.41) is 17.3. The maximum Gasteiger partial charge on any atom is 0.341 e. The smallest absolute Gasteiger partial charge is 0.341 e. The zero-order valence-corrected chi connectivity index (χ0v) is 14.3. The molecule has 0 saturated carbocycles. The first kappa shape index (κ1) is 20.9. The minimum atomic E-state index is -0.797. The second-order valence-corrected chi connectivity index (χ2v) is 4.23. The third kappa shape index (κ3) is 6.33. The summed E-state index contributed by atoms with van der Waals surface area (Å²) in [4.78, 5) is 23.5. The van der Waals surface area contributed by atoms with E-state index in [1.54, 1.807) is 12.1 Å². The molecule has 0 saturated heterocycles. The lowest BCUT2D eigenvalue weighted by molar-refractivity contribution is -0.140. The number of nitrogens with zero attached hydrogens (tertiary/aromatic N) is 2. The van der Waals surface area contributed by atoms with Crippen LogP contribution in [0.2, 0.25) is 0 Å². The Hall–Kier alpha value is -3.12. The maximum absolute atomic E-state index is 11.9. The molecule has 1 aromatic rings. The Morgan fingerprint density at radius 2 is 1.92 bits per heavy atom. The molecular formula is C18H20N2O4. The van der Waals surface area contributed by atoms with Crippen molar-refractivity contribution in [1.82, 2.24) is 0 Å². The summed E-state index contributed by atoms with van der Waals surface area (Å²) in [6.07, 6.45) is 1.40. The van der Waals surface area contributed by atoms with Gasteiger partial charge in [0.25, 0.3) is 0 Å². The molecule has 126 valence electrons. The van der Waals surface area contributed by atoms with Crippen LogP contribution in [0.15, 0.2) is 23.8 Å². The molecule has 0 radical (unpaired) electrons. The molecular weight excluding hydrogens is 308 g/mol. The summed E-state index contributed by atoms with van der Waals surface area (Å²) in [5.74, 6) is -0.898. The molecule has 0 fully saturated rings. The van der Waals surface area contributed by atoms with E-state index in [2.05, 4.69) is 0 Å². The molecule has 0 aromatic heterocycles. The van der Waals surface area contributed by atoms with E-state index in [9.17, 15) is 9.59 Å². The van der Waals surface area contributed by atoms with Gasteiger partial charge in [-0.3, -0.25) is 4.79 Å². The van der Waals surface area contributed by atoms with Crippen LogP contribution in [0.5, 0.6) is 5.75 Å². The quantitative estimate of drug-likeness (QED) is 0.261. The highest BCUT2D eigenvalue weighted by atomic mass is 16.5. The highest BCUT2D eigenvalue weighted by molar-refractivity contribution is 6.19. The van der Waals surface area contributed by atoms with Crippen LogP contribution in [-0.2, 0) is 14.3 Å². The van der Waals surface area contributed by atoms with E-state index in [-0.39, 0.29) is 18.6 Å². The van der Waals surface area contributed by atoms with Gasteiger partial charge in [-0.25, -0.2) is 4.79 Å². The lowest BCUT2D eigenvalue weighted by atomic mass is 10.1. The number of hydrogen-bond acceptors (Lipinski definition) is 6. The summed E-state index contributed by atoms with van der Waals surface area (Å²) < 4.78 is 10.00. The Morgan fingerprint density at radius 3 is 2.42 bits per heavy atom. The van der Waals surface area contributed by atoms with Gasteiger partial charge in [0, 0.05) is 5.56 Å². The van der Waals surface area contributed by atoms with Crippen molar-refractivity contribution in [2.24, 2.45) is 0 Å². The van der Waals surface area contributed by atoms with Crippen molar-refractivity contribution in [3.63, 3.8) is 0 Å². The molecule has 0 aliphatic heterocycles. The van der Waals surface area contributed by atoms with Crippen LogP contribution in [-0.4, -0.2) is 25.5 Å². The molecule has 0 atom stereocenters. The summed E-state index contributed by atoms with van der Waals surface area (Å²) in [7, 11) is 1.42. The SMILES string of the molecule is CC.COc1cc(C#N)ccc1/C=C(/C(C)=O)C(=O)OCCC#N. The highest BCUT2D eigenvalue weighted by Gasteiger charge is 2.17. The number of ketones is 1. The van der Waals surface area contributed by atoms with Gasteiger partial charge in [-0.15, -0.1) is 0 Å². The van der Waals surface area contributed by atoms with Gasteiger partial charge in [0.05, 0.1) is 31.2 Å². The minimum Gasteiger partial charge on any atom is -0.496 e. The van der Waals surface area contributed by atoms with Crippen molar-refractivity contribution in [2.45, 2.75) is 27.2 Å². The number of benzene rings is 1. The monoisotopic (exact) mass is 328 g/mol. The fraction of sp³-hybridized carbons (Fsp3) is 0.333. The zero-order chi connectivity index (χ0) is 18.5. The largest absolute Gasteiger partial charge is 0.496 e. The van der Waals surface area contributed by atoms with E-state index in [0.29, 0.717) is 16.9 Å². The summed E-state index contributed by atoms with van der Waals surface area (Å²) in [6.45, 7) is 5.16. The van der Waals surface area contributed by atoms with Gasteiger partial charge in [0.15, 0.2) is 5.78 Å². The first-order chi connectivity index (χ1) is 11.5. The number of esters is 1. The van der Waals surface area contributed by atoms with E-state index in [0.717, 1.165) is 0 Å². The average Bonchev–Trinajstić information content (AvgIpc) is 2.61. The van der Waals surface area contributed by atoms with Gasteiger partial charge in [-0.05, 0) is 31.2 Å². The second kappa shape index (κ2) is 11.4. The van der Waals surface area contributed by atoms with Crippen LogP contribution in [0.3, 0.4) is 0 Å². The van der Waals surface area contributed by atoms with Crippen LogP contribution < -0.4 is 4.74 Å². The number of Topliss-reactive ketones (excluding diaryl/α,β-unsaturated/α-hetero) is 1. The summed E-state index contributed by atoms with van der Waals surface area (Å²) in [6, 6.07) is 8.44. The molecule has 1 rings (SSSR count). The lowest BCUT2D eigenvalue weighted by Gasteiger charge is -2.08. The molecule has 0 amide bonds. The molecule has 0 spiro atoms. The summed E-state index contributed by atoms with van der Waals surface area (Å²) in [5.41, 5.74) is 0.722. The highest BCUT2D eigenvalue weighted by Crippen LogP contribution is 2.23. The molecule has 24 heavy (non-hydrogen) atoms. The lowest BCUT2D eigenvalue weighted by Crippen LogP contribution is -2.14. The van der Waals surface area contributed by atoms with Crippen LogP contribution in [0.25, 0.3) is 6.08 Å². The average molecular weight is 328 g/mol. The Balaban J connectivity index is 0.00000254. The van der Waals surface area contributed by atoms with Crippen molar-refractivity contribution < 1.29 is 19.1 Å². The first-order valence-corrected chi connectivity index (χ1v) is 7.38. The van der Waals surface area contributed by atoms with Crippen molar-refractivity contribution in [3.05, 3.63) is 34.9 Å². The molecule has 0 aliphatic rings. The Kier molecular flexibility index (Phi) is 9.96. The normalized spacial score (nSPS) is 9.67. The first-order valence-electron chi connectivity index (χ1n) is 7.38. The number of hydrogen-bond donors (Lipinski definition) is 0. The van der Waals surface area contributed by atoms with Crippen LogP contribution in [0.4, 0.5) is 0 Å². The molecule has 0 heterocycles. The summed E-state index contributed by atoms with van der Waals surface area (Å²) >= 11 is 0. The Bertz CT molecular complexity index is 694. The molecule has 6 nitrogen and oxygen atoms in total. The van der Waals surface area contributed by atoms with E-state index >= 15 is 0 Å². The van der Waals surface area contributed by atoms with Crippen molar-refractivity contribution in [1.29, 1.82) is 10.5 Å². The van der Waals surface area contributed by atoms with Crippen molar-refractivity contribution >= 4 is 17.8 Å². The van der Waals surface area contributed by atoms with E-state index in [1.807, 2.05) is 26.0 Å². The number of rotatable bonds is 6. The van der Waals surface area contributed by atoms with Crippen LogP contribution in [0, 0.1) is 22.7 Å². The molecule has 0 bridgehead atoms. The third-order valence-corrected chi connectivity index (χ3v) is 2.71. The Labute approximate surface area is 141 Å². The van der Waals surface area contributed by atoms with Gasteiger partial charge in [0.2, 0.25) is 0 Å². The number of carbonyl (C=O) groups is 2. The standard InChI is InChI=1S/C16H14N2O4.C2H6/c1-11(19)14(16(20)22-7-3-6-17)9-13-5-4-12(10-18)8-15(13)21-2;1-2/h4-5,8-9H,3,7H2,1-2H3;1-2H3/b14-9-;. The minimum absolute atomic E-state index is 0.0527. The van der Waals surface area contributed by atoms with Crippen molar-refractivity contribution in [3.8, 4) is 17.9 Å². The third-order valence-electron chi connectivity index (χ3n) is 2.71. The Morgan fingerprint density at radius 1 is 1.25 bits per heavy atom. The van der Waals surface area contributed by atoms with Crippen LogP contribution >= 0.6 is 0 Å². The van der Waals surface area contributed by atoms with Gasteiger partial charge in [-0.2, -0.15) is 10.5 Å². The molecule has 1 aromatic carbocycles. The fourth-order valence-corrected chi connectivity index (χ4v) is 1.63. The molecule has 0 N–H and O–H groups in total. The maximum atomic E-state index is 11.9. The predicted octanol–water partition coefficient (Wildman–Crippen LogP) is 3.02. The second-order valence-electron chi connectivity index (χ2n) is 4.23. The van der Waals surface area contributed by atoms with E-state index < -0.39 is 11.8 Å². The molecule has 6 heteroatoms. The number of ether oxygens (including phenoxy) is 2. The molecule has 0 aliphatic carbocycles. The van der Waals surface area contributed by atoms with Crippen molar-refractivity contribution in [2.75, 3.05) is 13.7 Å². The fourth-order valence-electron chi connectivity index (χ4n) is 1.63. The number of nitriles is 2.